The van der Waals surface area contributed by atoms with Gasteiger partial charge < -0.3 is 9.88 Å². The number of hydrogen-bond acceptors (Lipinski definition) is 2. The molecule has 32 heavy (non-hydrogen) atoms. The van der Waals surface area contributed by atoms with E-state index in [1.54, 1.807) is 0 Å². The minimum Gasteiger partial charge on any atom is -0.342 e. The van der Waals surface area contributed by atoms with E-state index < -0.39 is 0 Å². The lowest BCUT2D eigenvalue weighted by Crippen LogP contribution is -2.28. The van der Waals surface area contributed by atoms with Crippen molar-refractivity contribution in [3.05, 3.63) is 114 Å². The molecule has 0 aliphatic heterocycles. The number of fused-ring (bicyclic) bond motifs is 2. The number of aromatic nitrogens is 2. The van der Waals surface area contributed by atoms with E-state index in [9.17, 15) is 4.79 Å². The number of para-hydroxylation sites is 2. The molecule has 1 N–H and O–H groups in total. The number of nitrogens with zero attached hydrogens (tertiary/aromatic N) is 2. The molecule has 0 saturated heterocycles. The number of benzene rings is 4. The van der Waals surface area contributed by atoms with Gasteiger partial charge >= 0.3 is 0 Å². The number of rotatable bonds is 5. The van der Waals surface area contributed by atoms with Gasteiger partial charge in [0.2, 0.25) is 0 Å². The lowest BCUT2D eigenvalue weighted by molar-refractivity contribution is 0.0937. The first-order chi connectivity index (χ1) is 15.6. The molecule has 0 aliphatic rings. The van der Waals surface area contributed by atoms with Crippen LogP contribution in [0.2, 0.25) is 0 Å². The fourth-order valence-corrected chi connectivity index (χ4v) is 4.24. The Morgan fingerprint density at radius 3 is 2.53 bits per heavy atom. The molecule has 1 heterocycles. The van der Waals surface area contributed by atoms with Crippen molar-refractivity contribution in [2.45, 2.75) is 26.4 Å². The molecule has 158 valence electrons. The van der Waals surface area contributed by atoms with Crippen molar-refractivity contribution >= 4 is 27.7 Å². The van der Waals surface area contributed by atoms with Crippen molar-refractivity contribution in [3.63, 3.8) is 0 Å². The molecule has 4 aromatic carbocycles. The highest BCUT2D eigenvalue weighted by Gasteiger charge is 2.19. The van der Waals surface area contributed by atoms with Crippen molar-refractivity contribution in [2.75, 3.05) is 0 Å². The highest BCUT2D eigenvalue weighted by Crippen LogP contribution is 2.24. The van der Waals surface area contributed by atoms with Gasteiger partial charge in [-0.3, -0.25) is 4.79 Å². The summed E-state index contributed by atoms with van der Waals surface area (Å²) in [5.41, 5.74) is 4.92. The van der Waals surface area contributed by atoms with Crippen LogP contribution in [0.15, 0.2) is 91.0 Å². The van der Waals surface area contributed by atoms with Crippen LogP contribution in [0.1, 0.15) is 40.3 Å². The van der Waals surface area contributed by atoms with Gasteiger partial charge in [-0.15, -0.1) is 0 Å². The summed E-state index contributed by atoms with van der Waals surface area (Å²) in [5.74, 6) is 0.755. The molecule has 0 spiro atoms. The Morgan fingerprint density at radius 1 is 0.906 bits per heavy atom. The highest BCUT2D eigenvalue weighted by atomic mass is 16.1. The van der Waals surface area contributed by atoms with E-state index in [1.165, 1.54) is 16.3 Å². The minimum absolute atomic E-state index is 0.0921. The van der Waals surface area contributed by atoms with Crippen molar-refractivity contribution in [2.24, 2.45) is 0 Å². The minimum atomic E-state index is -0.240. The standard InChI is InChI=1S/C28H25N3O/c1-19-8-7-11-24(16-19)28(32)29-20(2)27-30-25-12-5-6-13-26(25)31(27)18-21-14-15-22-9-3-4-10-23(22)17-21/h3-17,20H,18H2,1-2H3,(H,29,32). The largest absolute Gasteiger partial charge is 0.342 e. The zero-order valence-electron chi connectivity index (χ0n) is 18.2. The van der Waals surface area contributed by atoms with Crippen LogP contribution >= 0.6 is 0 Å². The zero-order valence-corrected chi connectivity index (χ0v) is 18.2. The fourth-order valence-electron chi connectivity index (χ4n) is 4.24. The third kappa shape index (κ3) is 3.87. The maximum Gasteiger partial charge on any atom is 0.251 e. The Bertz CT molecular complexity index is 1430. The van der Waals surface area contributed by atoms with Crippen LogP contribution in [0.4, 0.5) is 0 Å². The summed E-state index contributed by atoms with van der Waals surface area (Å²) in [5, 5.41) is 5.58. The van der Waals surface area contributed by atoms with Crippen molar-refractivity contribution < 1.29 is 4.79 Å². The molecule has 0 fully saturated rings. The molecule has 0 saturated carbocycles. The van der Waals surface area contributed by atoms with Crippen LogP contribution in [-0.4, -0.2) is 15.5 Å². The third-order valence-corrected chi connectivity index (χ3v) is 5.85. The molecule has 5 aromatic rings. The zero-order chi connectivity index (χ0) is 22.1. The fraction of sp³-hybridized carbons (Fsp3) is 0.143. The summed E-state index contributed by atoms with van der Waals surface area (Å²) in [6.07, 6.45) is 0. The first kappa shape index (κ1) is 20.0. The lowest BCUT2D eigenvalue weighted by atomic mass is 10.1. The number of carbonyl (C=O) groups is 1. The smallest absolute Gasteiger partial charge is 0.251 e. The van der Waals surface area contributed by atoms with Crippen LogP contribution in [0.25, 0.3) is 21.8 Å². The van der Waals surface area contributed by atoms with E-state index in [1.807, 2.05) is 56.3 Å². The Hall–Kier alpha value is -3.92. The number of imidazole rings is 1. The van der Waals surface area contributed by atoms with E-state index in [0.717, 1.165) is 22.4 Å². The number of aryl methyl sites for hydroxylation is 1. The number of hydrogen-bond donors (Lipinski definition) is 1. The molecule has 0 bridgehead atoms. The predicted octanol–water partition coefficient (Wildman–Crippen LogP) is 6.04. The summed E-state index contributed by atoms with van der Waals surface area (Å²) >= 11 is 0. The van der Waals surface area contributed by atoms with Gasteiger partial charge in [0.1, 0.15) is 5.82 Å². The number of nitrogens with one attached hydrogen (secondary N) is 1. The Balaban J connectivity index is 1.50. The Morgan fingerprint density at radius 2 is 1.69 bits per heavy atom. The van der Waals surface area contributed by atoms with E-state index in [2.05, 4.69) is 58.4 Å². The van der Waals surface area contributed by atoms with Gasteiger partial charge in [-0.05, 0) is 60.5 Å². The first-order valence-corrected chi connectivity index (χ1v) is 10.9. The van der Waals surface area contributed by atoms with E-state index in [0.29, 0.717) is 12.1 Å². The van der Waals surface area contributed by atoms with Gasteiger partial charge in [0.15, 0.2) is 0 Å². The molecule has 5 rings (SSSR count). The highest BCUT2D eigenvalue weighted by molar-refractivity contribution is 5.94. The number of carbonyl (C=O) groups excluding carboxylic acids is 1. The maximum atomic E-state index is 12.9. The van der Waals surface area contributed by atoms with Crippen LogP contribution in [-0.2, 0) is 6.54 Å². The van der Waals surface area contributed by atoms with Crippen molar-refractivity contribution in [1.29, 1.82) is 0 Å². The summed E-state index contributed by atoms with van der Waals surface area (Å²) < 4.78 is 2.21. The third-order valence-electron chi connectivity index (χ3n) is 5.85. The normalized spacial score (nSPS) is 12.2. The second kappa shape index (κ2) is 8.31. The van der Waals surface area contributed by atoms with E-state index in [4.69, 9.17) is 4.98 Å². The monoisotopic (exact) mass is 419 g/mol. The van der Waals surface area contributed by atoms with E-state index >= 15 is 0 Å². The van der Waals surface area contributed by atoms with Gasteiger partial charge in [-0.2, -0.15) is 0 Å². The molecule has 1 unspecified atom stereocenters. The average Bonchev–Trinajstić information content (AvgIpc) is 3.17. The summed E-state index contributed by atoms with van der Waals surface area (Å²) in [7, 11) is 0. The quantitative estimate of drug-likeness (QED) is 0.378. The van der Waals surface area contributed by atoms with Crippen molar-refractivity contribution in [1.82, 2.24) is 14.9 Å². The van der Waals surface area contributed by atoms with Crippen LogP contribution < -0.4 is 5.32 Å². The molecule has 4 heteroatoms. The molecule has 0 radical (unpaired) electrons. The maximum absolute atomic E-state index is 12.9. The van der Waals surface area contributed by atoms with Crippen LogP contribution in [0, 0.1) is 6.92 Å². The van der Waals surface area contributed by atoms with Gasteiger partial charge in [0.05, 0.1) is 17.1 Å². The molecule has 4 nitrogen and oxygen atoms in total. The van der Waals surface area contributed by atoms with Gasteiger partial charge in [-0.25, -0.2) is 4.98 Å². The predicted molar refractivity (Wildman–Crippen MR) is 130 cm³/mol. The summed E-state index contributed by atoms with van der Waals surface area (Å²) in [4.78, 5) is 17.7. The Labute approximate surface area is 187 Å². The first-order valence-electron chi connectivity index (χ1n) is 10.9. The van der Waals surface area contributed by atoms with Crippen LogP contribution in [0.3, 0.4) is 0 Å². The lowest BCUT2D eigenvalue weighted by Gasteiger charge is -2.17. The average molecular weight is 420 g/mol. The molecular weight excluding hydrogens is 394 g/mol. The molecule has 1 amide bonds. The SMILES string of the molecule is Cc1cccc(C(=O)NC(C)c2nc3ccccc3n2Cc2ccc3ccccc3c2)c1. The molecule has 0 aliphatic carbocycles. The van der Waals surface area contributed by atoms with E-state index in [-0.39, 0.29) is 11.9 Å². The topological polar surface area (TPSA) is 46.9 Å². The number of amides is 1. The molecule has 1 aromatic heterocycles. The van der Waals surface area contributed by atoms with Gasteiger partial charge in [-0.1, -0.05) is 66.2 Å². The van der Waals surface area contributed by atoms with Crippen molar-refractivity contribution in [3.8, 4) is 0 Å². The van der Waals surface area contributed by atoms with Gasteiger partial charge in [0.25, 0.3) is 5.91 Å². The van der Waals surface area contributed by atoms with Gasteiger partial charge in [0, 0.05) is 12.1 Å². The Kier molecular flexibility index (Phi) is 5.20. The summed E-state index contributed by atoms with van der Waals surface area (Å²) in [6.45, 7) is 4.67. The molecular formula is C28H25N3O. The second-order valence-electron chi connectivity index (χ2n) is 8.29. The second-order valence-corrected chi connectivity index (χ2v) is 8.29. The summed E-state index contributed by atoms with van der Waals surface area (Å²) in [6, 6.07) is 30.5. The van der Waals surface area contributed by atoms with Crippen LogP contribution in [0.5, 0.6) is 0 Å². The molecule has 1 atom stereocenters.